The van der Waals surface area contributed by atoms with Gasteiger partial charge in [0, 0.05) is 37.1 Å². The fourth-order valence-corrected chi connectivity index (χ4v) is 5.35. The van der Waals surface area contributed by atoms with E-state index in [2.05, 4.69) is 118 Å². The van der Waals surface area contributed by atoms with E-state index in [1.807, 2.05) is 18.5 Å². The van der Waals surface area contributed by atoms with Crippen molar-refractivity contribution in [1.29, 1.82) is 0 Å². The Kier molecular flexibility index (Phi) is 5.63. The van der Waals surface area contributed by atoms with Gasteiger partial charge in [-0.25, -0.2) is 4.68 Å². The third-order valence-electron chi connectivity index (χ3n) is 6.98. The molecule has 0 aliphatic carbocycles. The Balaban J connectivity index is 1.73. The van der Waals surface area contributed by atoms with Crippen LogP contribution in [0.1, 0.15) is 29.5 Å². The highest BCUT2D eigenvalue weighted by Crippen LogP contribution is 2.44. The number of nitrogens with zero attached hydrogens (tertiary/aromatic N) is 4. The van der Waals surface area contributed by atoms with E-state index >= 15 is 0 Å². The van der Waals surface area contributed by atoms with Gasteiger partial charge < -0.3 is 4.90 Å². The molecule has 1 fully saturated rings. The van der Waals surface area contributed by atoms with E-state index in [1.165, 1.54) is 29.5 Å². The summed E-state index contributed by atoms with van der Waals surface area (Å²) in [6.07, 6.45) is 6.17. The molecule has 0 radical (unpaired) electrons. The number of pyridine rings is 1. The van der Waals surface area contributed by atoms with Crippen molar-refractivity contribution in [2.45, 2.75) is 18.4 Å². The van der Waals surface area contributed by atoms with Crippen molar-refractivity contribution in [2.24, 2.45) is 0 Å². The Hall–Kier alpha value is -4.18. The summed E-state index contributed by atoms with van der Waals surface area (Å²) in [4.78, 5) is 6.86. The average Bonchev–Trinajstić information content (AvgIpc) is 3.63. The third-order valence-corrected chi connectivity index (χ3v) is 6.98. The first-order chi connectivity index (χ1) is 17.4. The SMILES string of the molecule is c1ccc(C(c2ccccc2)(c2ccccc2)n2nc(N3CCCC3)cc2-c2cccnc2)cc1. The van der Waals surface area contributed by atoms with Gasteiger partial charge in [-0.1, -0.05) is 91.0 Å². The van der Waals surface area contributed by atoms with Crippen LogP contribution in [0.15, 0.2) is 122 Å². The maximum atomic E-state index is 5.39. The van der Waals surface area contributed by atoms with Crippen molar-refractivity contribution >= 4 is 5.82 Å². The van der Waals surface area contributed by atoms with Gasteiger partial charge in [-0.3, -0.25) is 4.98 Å². The molecule has 172 valence electrons. The van der Waals surface area contributed by atoms with Crippen LogP contribution < -0.4 is 4.90 Å². The summed E-state index contributed by atoms with van der Waals surface area (Å²) >= 11 is 0. The van der Waals surface area contributed by atoms with Gasteiger partial charge in [-0.15, -0.1) is 0 Å². The molecular weight excluding hydrogens is 428 g/mol. The van der Waals surface area contributed by atoms with Gasteiger partial charge in [0.05, 0.1) is 5.69 Å². The van der Waals surface area contributed by atoms with Crippen molar-refractivity contribution < 1.29 is 0 Å². The van der Waals surface area contributed by atoms with Gasteiger partial charge in [0.15, 0.2) is 5.82 Å². The number of rotatable bonds is 6. The highest BCUT2D eigenvalue weighted by atomic mass is 15.4. The van der Waals surface area contributed by atoms with Gasteiger partial charge >= 0.3 is 0 Å². The van der Waals surface area contributed by atoms with E-state index in [1.54, 1.807) is 0 Å². The monoisotopic (exact) mass is 456 g/mol. The van der Waals surface area contributed by atoms with Gasteiger partial charge in [-0.2, -0.15) is 5.10 Å². The van der Waals surface area contributed by atoms with Crippen LogP contribution in [0, 0.1) is 0 Å². The summed E-state index contributed by atoms with van der Waals surface area (Å²) in [5.74, 6) is 1.02. The fourth-order valence-electron chi connectivity index (χ4n) is 5.35. The highest BCUT2D eigenvalue weighted by Gasteiger charge is 2.41. The summed E-state index contributed by atoms with van der Waals surface area (Å²) in [6, 6.07) is 38.6. The topological polar surface area (TPSA) is 34.0 Å². The zero-order chi connectivity index (χ0) is 23.5. The molecule has 0 spiro atoms. The molecule has 4 heteroatoms. The second-order valence-electron chi connectivity index (χ2n) is 9.04. The summed E-state index contributed by atoms with van der Waals surface area (Å²) in [5.41, 5.74) is 4.94. The largest absolute Gasteiger partial charge is 0.355 e. The van der Waals surface area contributed by atoms with E-state index in [0.29, 0.717) is 0 Å². The maximum Gasteiger partial charge on any atom is 0.151 e. The summed E-state index contributed by atoms with van der Waals surface area (Å²) < 4.78 is 2.23. The lowest BCUT2D eigenvalue weighted by Crippen LogP contribution is -2.39. The van der Waals surface area contributed by atoms with E-state index < -0.39 is 5.54 Å². The number of benzene rings is 3. The molecule has 6 rings (SSSR count). The van der Waals surface area contributed by atoms with Crippen LogP contribution in [-0.2, 0) is 5.54 Å². The molecule has 0 saturated carbocycles. The second kappa shape index (κ2) is 9.22. The van der Waals surface area contributed by atoms with E-state index in [-0.39, 0.29) is 0 Å². The molecule has 0 N–H and O–H groups in total. The molecule has 4 nitrogen and oxygen atoms in total. The van der Waals surface area contributed by atoms with Gasteiger partial charge in [-0.05, 0) is 41.7 Å². The van der Waals surface area contributed by atoms with Crippen LogP contribution in [0.2, 0.25) is 0 Å². The van der Waals surface area contributed by atoms with E-state index in [4.69, 9.17) is 5.10 Å². The predicted molar refractivity (Wildman–Crippen MR) is 142 cm³/mol. The zero-order valence-electron chi connectivity index (χ0n) is 19.7. The van der Waals surface area contributed by atoms with Gasteiger partial charge in [0.25, 0.3) is 0 Å². The van der Waals surface area contributed by atoms with Crippen molar-refractivity contribution in [3.8, 4) is 11.3 Å². The average molecular weight is 457 g/mol. The minimum atomic E-state index is -0.660. The van der Waals surface area contributed by atoms with Crippen LogP contribution in [0.4, 0.5) is 5.82 Å². The van der Waals surface area contributed by atoms with E-state index in [9.17, 15) is 0 Å². The first-order valence-corrected chi connectivity index (χ1v) is 12.3. The lowest BCUT2D eigenvalue weighted by atomic mass is 9.77. The Morgan fingerprint density at radius 1 is 0.629 bits per heavy atom. The molecule has 0 bridgehead atoms. The minimum absolute atomic E-state index is 0.660. The molecule has 1 saturated heterocycles. The molecule has 0 unspecified atom stereocenters. The Morgan fingerprint density at radius 2 is 1.17 bits per heavy atom. The number of hydrogen-bond acceptors (Lipinski definition) is 3. The maximum absolute atomic E-state index is 5.39. The number of aromatic nitrogens is 3. The number of hydrogen-bond donors (Lipinski definition) is 0. The summed E-state index contributed by atoms with van der Waals surface area (Å²) in [6.45, 7) is 2.08. The second-order valence-corrected chi connectivity index (χ2v) is 9.04. The molecule has 1 aliphatic rings. The molecule has 0 amide bonds. The first kappa shape index (κ1) is 21.4. The number of anilines is 1. The molecule has 35 heavy (non-hydrogen) atoms. The zero-order valence-corrected chi connectivity index (χ0v) is 19.7. The van der Waals surface area contributed by atoms with E-state index in [0.717, 1.165) is 30.2 Å². The van der Waals surface area contributed by atoms with Crippen LogP contribution >= 0.6 is 0 Å². The Labute approximate surface area is 206 Å². The highest BCUT2D eigenvalue weighted by molar-refractivity contribution is 5.66. The third kappa shape index (κ3) is 3.71. The molecule has 3 aromatic carbocycles. The molecule has 0 atom stereocenters. The lowest BCUT2D eigenvalue weighted by Gasteiger charge is -2.37. The van der Waals surface area contributed by atoms with Crippen molar-refractivity contribution in [3.05, 3.63) is 138 Å². The summed E-state index contributed by atoms with van der Waals surface area (Å²) in [5, 5.41) is 5.39. The first-order valence-electron chi connectivity index (χ1n) is 12.3. The standard InChI is InChI=1S/C31H28N4/c1-4-14-26(15-5-1)31(27-16-6-2-7-17-27,28-18-8-3-9-19-28)35-29(25-13-12-20-32-24-25)23-30(33-35)34-21-10-11-22-34/h1-9,12-20,23-24H,10-11,21-22H2. The molecular formula is C31H28N4. The Morgan fingerprint density at radius 3 is 1.66 bits per heavy atom. The van der Waals surface area contributed by atoms with Crippen LogP contribution in [0.3, 0.4) is 0 Å². The molecule has 3 heterocycles. The van der Waals surface area contributed by atoms with Crippen LogP contribution in [-0.4, -0.2) is 27.9 Å². The van der Waals surface area contributed by atoms with Crippen LogP contribution in [0.25, 0.3) is 11.3 Å². The van der Waals surface area contributed by atoms with Crippen molar-refractivity contribution in [1.82, 2.24) is 14.8 Å². The minimum Gasteiger partial charge on any atom is -0.355 e. The summed E-state index contributed by atoms with van der Waals surface area (Å²) in [7, 11) is 0. The van der Waals surface area contributed by atoms with Crippen molar-refractivity contribution in [3.63, 3.8) is 0 Å². The quantitative estimate of drug-likeness (QED) is 0.278. The normalized spacial score (nSPS) is 13.8. The van der Waals surface area contributed by atoms with Gasteiger partial charge in [0.1, 0.15) is 5.54 Å². The molecule has 2 aromatic heterocycles. The Bertz CT molecular complexity index is 1280. The lowest BCUT2D eigenvalue weighted by molar-refractivity contribution is 0.465. The smallest absolute Gasteiger partial charge is 0.151 e. The molecule has 5 aromatic rings. The van der Waals surface area contributed by atoms with Crippen LogP contribution in [0.5, 0.6) is 0 Å². The van der Waals surface area contributed by atoms with Crippen molar-refractivity contribution in [2.75, 3.05) is 18.0 Å². The van der Waals surface area contributed by atoms with Gasteiger partial charge in [0.2, 0.25) is 0 Å². The molecule has 1 aliphatic heterocycles. The fraction of sp³-hybridized carbons (Fsp3) is 0.161. The predicted octanol–water partition coefficient (Wildman–Crippen LogP) is 6.39.